The maximum Gasteiger partial charge on any atom is 0.190 e. The molecule has 0 aliphatic heterocycles. The summed E-state index contributed by atoms with van der Waals surface area (Å²) in [5.41, 5.74) is 0.957. The van der Waals surface area contributed by atoms with Gasteiger partial charge in [0.2, 0.25) is 0 Å². The number of hydrogen-bond acceptors (Lipinski definition) is 6. The number of rotatable bonds is 11. The van der Waals surface area contributed by atoms with Crippen molar-refractivity contribution in [2.45, 2.75) is 46.5 Å². The van der Waals surface area contributed by atoms with Gasteiger partial charge in [-0.1, -0.05) is 111 Å². The van der Waals surface area contributed by atoms with Gasteiger partial charge >= 0.3 is 0 Å². The van der Waals surface area contributed by atoms with Gasteiger partial charge in [-0.3, -0.25) is 0 Å². The Morgan fingerprint density at radius 2 is 1.27 bits per heavy atom. The predicted molar refractivity (Wildman–Crippen MR) is 150 cm³/mol. The van der Waals surface area contributed by atoms with Crippen LogP contribution in [0.15, 0.2) is 106 Å². The summed E-state index contributed by atoms with van der Waals surface area (Å²) in [7, 11) is 7.43. The molecular weight excluding hydrogens is 483 g/mol. The second kappa shape index (κ2) is 14.1. The molecule has 0 radical (unpaired) electrons. The van der Waals surface area contributed by atoms with Gasteiger partial charge in [-0.15, -0.1) is 0 Å². The lowest BCUT2D eigenvalue weighted by molar-refractivity contribution is 0.235. The van der Waals surface area contributed by atoms with Crippen LogP contribution in [-0.4, -0.2) is 17.1 Å². The van der Waals surface area contributed by atoms with Crippen molar-refractivity contribution in [2.24, 2.45) is 10.9 Å². The van der Waals surface area contributed by atoms with E-state index in [0.717, 1.165) is 24.6 Å². The Labute approximate surface area is 213 Å². The van der Waals surface area contributed by atoms with Crippen LogP contribution in [0.2, 0.25) is 0 Å². The Bertz CT molecular complexity index is 920. The average Bonchev–Trinajstić information content (AvgIpc) is 3.40. The molecule has 172 valence electrons. The fourth-order valence-corrected chi connectivity index (χ4v) is 9.34. The topological polar surface area (TPSA) is 21.6 Å². The monoisotopic (exact) mass is 511 g/mol. The summed E-state index contributed by atoms with van der Waals surface area (Å²) < 4.78 is 6.67. The highest BCUT2D eigenvalue weighted by molar-refractivity contribution is 8.85. The van der Waals surface area contributed by atoms with Crippen LogP contribution in [-0.2, 0) is 4.74 Å². The SMILES string of the molecule is c1ccc(N=C(CC(SSc2ccccc2)SSc2ccccc2)OCC2CCCC2)cc1. The average molecular weight is 512 g/mol. The minimum absolute atomic E-state index is 0.298. The molecule has 0 unspecified atom stereocenters. The first-order chi connectivity index (χ1) is 16.3. The molecule has 33 heavy (non-hydrogen) atoms. The molecule has 0 heterocycles. The van der Waals surface area contributed by atoms with Crippen molar-refractivity contribution in [3.8, 4) is 0 Å². The molecular formula is C27H29NOS4. The Morgan fingerprint density at radius 1 is 0.758 bits per heavy atom. The minimum Gasteiger partial charge on any atom is -0.480 e. The van der Waals surface area contributed by atoms with Crippen molar-refractivity contribution in [3.05, 3.63) is 91.0 Å². The van der Waals surface area contributed by atoms with Crippen LogP contribution in [0.4, 0.5) is 5.69 Å². The fourth-order valence-electron chi connectivity index (χ4n) is 3.57. The van der Waals surface area contributed by atoms with Gasteiger partial charge in [0.25, 0.3) is 0 Å². The van der Waals surface area contributed by atoms with Crippen molar-refractivity contribution in [3.63, 3.8) is 0 Å². The molecule has 0 saturated heterocycles. The van der Waals surface area contributed by atoms with Crippen molar-refractivity contribution < 1.29 is 4.74 Å². The number of hydrogen-bond donors (Lipinski definition) is 0. The van der Waals surface area contributed by atoms with E-state index in [9.17, 15) is 0 Å². The van der Waals surface area contributed by atoms with Crippen molar-refractivity contribution in [1.29, 1.82) is 0 Å². The van der Waals surface area contributed by atoms with Crippen LogP contribution in [0, 0.1) is 5.92 Å². The molecule has 1 saturated carbocycles. The molecule has 1 aliphatic rings. The molecule has 3 aromatic rings. The summed E-state index contributed by atoms with van der Waals surface area (Å²) in [6, 6.07) is 31.4. The van der Waals surface area contributed by atoms with E-state index in [-0.39, 0.29) is 0 Å². The summed E-state index contributed by atoms with van der Waals surface area (Å²) in [6.07, 6.45) is 6.00. The second-order valence-electron chi connectivity index (χ2n) is 7.92. The van der Waals surface area contributed by atoms with E-state index in [1.807, 2.05) is 73.5 Å². The first kappa shape index (κ1) is 24.6. The maximum atomic E-state index is 6.37. The largest absolute Gasteiger partial charge is 0.480 e. The van der Waals surface area contributed by atoms with Crippen molar-refractivity contribution in [1.82, 2.24) is 0 Å². The summed E-state index contributed by atoms with van der Waals surface area (Å²) >= 11 is 0. The molecule has 3 aromatic carbocycles. The first-order valence-electron chi connectivity index (χ1n) is 11.4. The zero-order valence-corrected chi connectivity index (χ0v) is 21.8. The predicted octanol–water partition coefficient (Wildman–Crippen LogP) is 9.52. The third-order valence-corrected chi connectivity index (χ3v) is 11.6. The molecule has 0 atom stereocenters. The summed E-state index contributed by atoms with van der Waals surface area (Å²) in [5, 5.41) is 0. The van der Waals surface area contributed by atoms with Crippen LogP contribution in [0.5, 0.6) is 0 Å². The van der Waals surface area contributed by atoms with E-state index < -0.39 is 0 Å². The number of aliphatic imine (C=N–C) groups is 1. The highest BCUT2D eigenvalue weighted by Crippen LogP contribution is 2.47. The number of para-hydroxylation sites is 1. The Morgan fingerprint density at radius 3 is 1.82 bits per heavy atom. The molecule has 1 aliphatic carbocycles. The fraction of sp³-hybridized carbons (Fsp3) is 0.296. The Hall–Kier alpha value is -1.47. The zero-order valence-electron chi connectivity index (χ0n) is 18.5. The molecule has 1 fully saturated rings. The van der Waals surface area contributed by atoms with Crippen LogP contribution < -0.4 is 0 Å². The van der Waals surface area contributed by atoms with E-state index >= 15 is 0 Å². The van der Waals surface area contributed by atoms with Gasteiger partial charge in [-0.2, -0.15) is 0 Å². The third-order valence-electron chi connectivity index (χ3n) is 5.30. The standard InChI is InChI=1S/C27H29NOS4/c1-4-14-23(15-5-1)28-26(29-21-22-12-10-11-13-22)20-27(32-30-24-16-6-2-7-17-24)33-31-25-18-8-3-9-19-25/h1-9,14-19,22,27H,10-13,20-21H2. The van der Waals surface area contributed by atoms with Crippen LogP contribution >= 0.6 is 43.2 Å². The maximum absolute atomic E-state index is 6.37. The van der Waals surface area contributed by atoms with Crippen LogP contribution in [0.25, 0.3) is 0 Å². The van der Waals surface area contributed by atoms with Gasteiger partial charge in [0.1, 0.15) is 0 Å². The first-order valence-corrected chi connectivity index (χ1v) is 15.8. The number of benzene rings is 3. The molecule has 0 amide bonds. The van der Waals surface area contributed by atoms with E-state index in [0.29, 0.717) is 10.5 Å². The van der Waals surface area contributed by atoms with Gasteiger partial charge in [0, 0.05) is 16.2 Å². The molecule has 4 rings (SSSR count). The molecule has 0 spiro atoms. The Kier molecular flexibility index (Phi) is 10.5. The van der Waals surface area contributed by atoms with Crippen LogP contribution in [0.1, 0.15) is 32.1 Å². The summed E-state index contributed by atoms with van der Waals surface area (Å²) in [4.78, 5) is 7.46. The third kappa shape index (κ3) is 9.01. The normalized spacial score (nSPS) is 14.6. The van der Waals surface area contributed by atoms with Gasteiger partial charge in [-0.25, -0.2) is 4.99 Å². The summed E-state index contributed by atoms with van der Waals surface area (Å²) in [6.45, 7) is 0.783. The zero-order chi connectivity index (χ0) is 22.6. The highest BCUT2D eigenvalue weighted by atomic mass is 33.1. The number of nitrogens with zero attached hydrogens (tertiary/aromatic N) is 1. The lowest BCUT2D eigenvalue weighted by atomic mass is 10.1. The van der Waals surface area contributed by atoms with Gasteiger partial charge < -0.3 is 4.74 Å². The minimum atomic E-state index is 0.298. The quantitative estimate of drug-likeness (QED) is 0.110. The van der Waals surface area contributed by atoms with Crippen LogP contribution in [0.3, 0.4) is 0 Å². The van der Waals surface area contributed by atoms with Gasteiger partial charge in [0.05, 0.1) is 16.9 Å². The smallest absolute Gasteiger partial charge is 0.190 e. The molecule has 2 nitrogen and oxygen atoms in total. The Balaban J connectivity index is 1.46. The van der Waals surface area contributed by atoms with E-state index in [1.54, 1.807) is 0 Å². The van der Waals surface area contributed by atoms with Gasteiger partial charge in [0.15, 0.2) is 5.90 Å². The second-order valence-corrected chi connectivity index (χ2v) is 13.2. The van der Waals surface area contributed by atoms with Gasteiger partial charge in [-0.05, 0) is 55.2 Å². The molecule has 0 N–H and O–H groups in total. The molecule has 0 aromatic heterocycles. The van der Waals surface area contributed by atoms with E-state index in [1.165, 1.54) is 35.5 Å². The lowest BCUT2D eigenvalue weighted by Crippen LogP contribution is -2.15. The van der Waals surface area contributed by atoms with Crippen molar-refractivity contribution >= 4 is 54.8 Å². The van der Waals surface area contributed by atoms with Crippen molar-refractivity contribution in [2.75, 3.05) is 6.61 Å². The lowest BCUT2D eigenvalue weighted by Gasteiger charge is -2.18. The van der Waals surface area contributed by atoms with E-state index in [2.05, 4.69) is 60.7 Å². The van der Waals surface area contributed by atoms with E-state index in [4.69, 9.17) is 9.73 Å². The molecule has 0 bridgehead atoms. The summed E-state index contributed by atoms with van der Waals surface area (Å²) in [5.74, 6) is 1.52. The highest BCUT2D eigenvalue weighted by Gasteiger charge is 2.20. The molecule has 6 heteroatoms. The number of ether oxygens (including phenoxy) is 1.